The first-order chi connectivity index (χ1) is 16.5. The van der Waals surface area contributed by atoms with Crippen LogP contribution in [0.1, 0.15) is 50.5 Å². The third-order valence-electron chi connectivity index (χ3n) is 6.14. The van der Waals surface area contributed by atoms with Crippen molar-refractivity contribution in [3.63, 3.8) is 0 Å². The Hall–Kier alpha value is -1.85. The molecule has 2 heterocycles. The molecule has 9 nitrogen and oxygen atoms in total. The van der Waals surface area contributed by atoms with Gasteiger partial charge in [0.15, 0.2) is 0 Å². The van der Waals surface area contributed by atoms with Gasteiger partial charge in [0.25, 0.3) is 0 Å². The van der Waals surface area contributed by atoms with Crippen molar-refractivity contribution >= 4 is 22.0 Å². The number of hydrogen-bond donors (Lipinski definition) is 1. The molecule has 0 unspecified atom stereocenters. The number of nitrogens with zero attached hydrogens (tertiary/aromatic N) is 3. The Bertz CT molecular complexity index is 853. The van der Waals surface area contributed by atoms with Crippen molar-refractivity contribution in [3.05, 3.63) is 36.2 Å². The van der Waals surface area contributed by atoms with Crippen LogP contribution < -0.4 is 5.32 Å². The average Bonchev–Trinajstić information content (AvgIpc) is 3.38. The Labute approximate surface area is 203 Å². The quantitative estimate of drug-likeness (QED) is 0.240. The van der Waals surface area contributed by atoms with Gasteiger partial charge in [0, 0.05) is 44.6 Å². The van der Waals surface area contributed by atoms with Crippen molar-refractivity contribution < 1.29 is 22.8 Å². The first kappa shape index (κ1) is 26.7. The third-order valence-corrected chi connectivity index (χ3v) is 7.89. The molecular formula is C24H38N4O5S. The summed E-state index contributed by atoms with van der Waals surface area (Å²) in [5.41, 5.74) is 0.911. The van der Waals surface area contributed by atoms with Gasteiger partial charge >= 0.3 is 0 Å². The van der Waals surface area contributed by atoms with E-state index in [0.717, 1.165) is 57.2 Å². The molecule has 0 spiro atoms. The zero-order chi connectivity index (χ0) is 24.1. The van der Waals surface area contributed by atoms with E-state index in [1.807, 2.05) is 12.1 Å². The fraction of sp³-hybridized carbons (Fsp3) is 0.667. The molecule has 1 aliphatic carbocycles. The minimum absolute atomic E-state index is 0.0545. The van der Waals surface area contributed by atoms with Crippen LogP contribution in [0, 0.1) is 0 Å². The van der Waals surface area contributed by atoms with Crippen LogP contribution in [0.15, 0.2) is 30.6 Å². The monoisotopic (exact) mass is 494 g/mol. The Kier molecular flexibility index (Phi) is 11.4. The number of rotatable bonds is 14. The first-order valence-corrected chi connectivity index (χ1v) is 14.0. The predicted octanol–water partition coefficient (Wildman–Crippen LogP) is 2.22. The van der Waals surface area contributed by atoms with Crippen LogP contribution in [-0.2, 0) is 24.4 Å². The molecule has 10 heteroatoms. The number of unbranched alkanes of at least 4 members (excludes halogenated alkanes) is 2. The van der Waals surface area contributed by atoms with E-state index in [0.29, 0.717) is 39.3 Å². The molecule has 3 rings (SSSR count). The van der Waals surface area contributed by atoms with E-state index in [4.69, 9.17) is 9.57 Å². The van der Waals surface area contributed by atoms with Gasteiger partial charge in [-0.05, 0) is 49.5 Å². The summed E-state index contributed by atoms with van der Waals surface area (Å²) >= 11 is 0. The first-order valence-electron chi connectivity index (χ1n) is 12.4. The normalized spacial score (nSPS) is 18.1. The lowest BCUT2D eigenvalue weighted by Crippen LogP contribution is -2.43. The molecule has 1 aromatic heterocycles. The second kappa shape index (κ2) is 14.5. The van der Waals surface area contributed by atoms with Gasteiger partial charge in [0.1, 0.15) is 0 Å². The maximum absolute atomic E-state index is 13.0. The minimum atomic E-state index is -3.49. The van der Waals surface area contributed by atoms with Crippen molar-refractivity contribution in [3.8, 4) is 0 Å². The topological polar surface area (TPSA) is 101 Å². The average molecular weight is 495 g/mol. The Morgan fingerprint density at radius 3 is 2.65 bits per heavy atom. The molecule has 1 N–H and O–H groups in total. The van der Waals surface area contributed by atoms with E-state index in [-0.39, 0.29) is 17.7 Å². The van der Waals surface area contributed by atoms with E-state index < -0.39 is 10.0 Å². The molecule has 1 saturated carbocycles. The number of sulfonamides is 1. The zero-order valence-electron chi connectivity index (χ0n) is 19.9. The smallest absolute Gasteiger partial charge is 0.243 e. The molecule has 1 amide bonds. The highest BCUT2D eigenvalue weighted by atomic mass is 32.2. The molecule has 34 heavy (non-hydrogen) atoms. The van der Waals surface area contributed by atoms with Gasteiger partial charge in [-0.25, -0.2) is 8.42 Å². The molecule has 190 valence electrons. The van der Waals surface area contributed by atoms with Crippen LogP contribution in [-0.4, -0.2) is 86.5 Å². The summed E-state index contributed by atoms with van der Waals surface area (Å²) in [6, 6.07) is 3.60. The zero-order valence-corrected chi connectivity index (χ0v) is 20.8. The summed E-state index contributed by atoms with van der Waals surface area (Å²) in [7, 11) is -3.49. The van der Waals surface area contributed by atoms with Crippen LogP contribution >= 0.6 is 0 Å². The van der Waals surface area contributed by atoms with Gasteiger partial charge in [-0.3, -0.25) is 19.5 Å². The number of ether oxygens (including phenoxy) is 1. The number of aromatic nitrogens is 1. The van der Waals surface area contributed by atoms with E-state index in [2.05, 4.69) is 15.2 Å². The van der Waals surface area contributed by atoms with E-state index in [1.54, 1.807) is 18.5 Å². The van der Waals surface area contributed by atoms with E-state index in [9.17, 15) is 13.2 Å². The lowest BCUT2D eigenvalue weighted by molar-refractivity contribution is -0.118. The molecule has 2 fully saturated rings. The Morgan fingerprint density at radius 2 is 1.91 bits per heavy atom. The number of carbonyl (C=O) groups is 1. The van der Waals surface area contributed by atoms with Crippen molar-refractivity contribution in [2.24, 2.45) is 0 Å². The molecule has 1 saturated heterocycles. The highest BCUT2D eigenvalue weighted by molar-refractivity contribution is 7.88. The molecule has 2 aliphatic rings. The number of pyridine rings is 1. The SMILES string of the molecule is O=C(C=Cc1ccncc1)NCCCCCS(=O)(=O)N(OCCN1CCOCC1)C1CCCC1. The largest absolute Gasteiger partial charge is 0.379 e. The van der Waals surface area contributed by atoms with Crippen LogP contribution in [0.3, 0.4) is 0 Å². The molecule has 1 aromatic rings. The number of carbonyl (C=O) groups excluding carboxylic acids is 1. The lowest BCUT2D eigenvalue weighted by Gasteiger charge is -2.30. The van der Waals surface area contributed by atoms with Gasteiger partial charge in [-0.15, -0.1) is 0 Å². The third kappa shape index (κ3) is 9.42. The summed E-state index contributed by atoms with van der Waals surface area (Å²) < 4.78 is 32.8. The molecular weight excluding hydrogens is 456 g/mol. The second-order valence-electron chi connectivity index (χ2n) is 8.76. The Morgan fingerprint density at radius 1 is 1.18 bits per heavy atom. The van der Waals surface area contributed by atoms with Crippen molar-refractivity contribution in [2.75, 3.05) is 51.8 Å². The summed E-state index contributed by atoms with van der Waals surface area (Å²) in [4.78, 5) is 24.0. The fourth-order valence-electron chi connectivity index (χ4n) is 4.21. The second-order valence-corrected chi connectivity index (χ2v) is 10.7. The molecule has 0 radical (unpaired) electrons. The van der Waals surface area contributed by atoms with Crippen LogP contribution in [0.2, 0.25) is 0 Å². The number of hydrogen-bond acceptors (Lipinski definition) is 7. The summed E-state index contributed by atoms with van der Waals surface area (Å²) in [6.07, 6.45) is 12.4. The van der Waals surface area contributed by atoms with Gasteiger partial charge in [-0.1, -0.05) is 23.7 Å². The van der Waals surface area contributed by atoms with E-state index >= 15 is 0 Å². The van der Waals surface area contributed by atoms with Crippen LogP contribution in [0.25, 0.3) is 6.08 Å². The molecule has 1 aliphatic heterocycles. The predicted molar refractivity (Wildman–Crippen MR) is 131 cm³/mol. The summed E-state index contributed by atoms with van der Waals surface area (Å²) in [5, 5.41) is 2.84. The number of amides is 1. The Balaban J connectivity index is 1.35. The van der Waals surface area contributed by atoms with Crippen LogP contribution in [0.5, 0.6) is 0 Å². The molecule has 0 atom stereocenters. The summed E-state index contributed by atoms with van der Waals surface area (Å²) in [5.74, 6) is -0.0951. The van der Waals surface area contributed by atoms with Crippen LogP contribution in [0.4, 0.5) is 0 Å². The fourth-order valence-corrected chi connectivity index (χ4v) is 5.85. The number of hydroxylamine groups is 1. The highest BCUT2D eigenvalue weighted by Crippen LogP contribution is 2.26. The number of nitrogens with one attached hydrogen (secondary N) is 1. The van der Waals surface area contributed by atoms with Gasteiger partial charge in [0.2, 0.25) is 15.9 Å². The van der Waals surface area contributed by atoms with Crippen molar-refractivity contribution in [2.45, 2.75) is 51.0 Å². The minimum Gasteiger partial charge on any atom is -0.379 e. The highest BCUT2D eigenvalue weighted by Gasteiger charge is 2.33. The summed E-state index contributed by atoms with van der Waals surface area (Å²) in [6.45, 7) is 4.73. The van der Waals surface area contributed by atoms with Gasteiger partial charge in [0.05, 0.1) is 31.6 Å². The molecule has 0 aromatic carbocycles. The van der Waals surface area contributed by atoms with E-state index in [1.165, 1.54) is 10.5 Å². The van der Waals surface area contributed by atoms with Gasteiger partial charge < -0.3 is 10.1 Å². The van der Waals surface area contributed by atoms with Gasteiger partial charge in [-0.2, -0.15) is 0 Å². The number of morpholine rings is 1. The molecule has 0 bridgehead atoms. The van der Waals surface area contributed by atoms with Crippen molar-refractivity contribution in [1.82, 2.24) is 19.7 Å². The maximum Gasteiger partial charge on any atom is 0.243 e. The maximum atomic E-state index is 13.0. The standard InChI is InChI=1S/C24H38N4O5S/c29-24(9-8-22-10-13-25-14-11-22)26-12-4-1-5-21-34(30,31)28(23-6-2-3-7-23)33-20-17-27-15-18-32-19-16-27/h8-11,13-14,23H,1-7,12,15-21H2,(H,26,29). The van der Waals surface area contributed by atoms with Crippen molar-refractivity contribution in [1.29, 1.82) is 0 Å². The lowest BCUT2D eigenvalue weighted by atomic mass is 10.2.